The van der Waals surface area contributed by atoms with Crippen LogP contribution in [0.25, 0.3) is 0 Å². The highest BCUT2D eigenvalue weighted by Crippen LogP contribution is 2.37. The van der Waals surface area contributed by atoms with Crippen LogP contribution in [0, 0.1) is 5.82 Å². The lowest BCUT2D eigenvalue weighted by molar-refractivity contribution is -0.136. The number of rotatable bonds is 8. The Morgan fingerprint density at radius 2 is 1.77 bits per heavy atom. The summed E-state index contributed by atoms with van der Waals surface area (Å²) in [5, 5.41) is 6.37. The van der Waals surface area contributed by atoms with Gasteiger partial charge in [0.2, 0.25) is 5.91 Å². The molecule has 0 aliphatic carbocycles. The molecule has 3 aromatic rings. The Kier molecular flexibility index (Phi) is 7.65. The summed E-state index contributed by atoms with van der Waals surface area (Å²) in [6.45, 7) is 2.44. The summed E-state index contributed by atoms with van der Waals surface area (Å²) < 4.78 is 13.7. The number of urea groups is 1. The number of amides is 4. The lowest BCUT2D eigenvalue weighted by Crippen LogP contribution is -2.49. The van der Waals surface area contributed by atoms with Crippen LogP contribution in [0.4, 0.5) is 9.18 Å². The van der Waals surface area contributed by atoms with E-state index in [0.717, 1.165) is 11.1 Å². The molecule has 2 heterocycles. The summed E-state index contributed by atoms with van der Waals surface area (Å²) in [4.78, 5) is 43.8. The number of halogens is 2. The molecule has 5 rings (SSSR count). The molecule has 0 aromatic heterocycles. The molecule has 0 fully saturated rings. The number of hydrogen-bond acceptors (Lipinski definition) is 3. The van der Waals surface area contributed by atoms with E-state index in [1.807, 2.05) is 37.3 Å². The molecular formula is C30H28ClFN4O3. The summed E-state index contributed by atoms with van der Waals surface area (Å²) in [6.07, 6.45) is 0.279. The van der Waals surface area contributed by atoms with E-state index < -0.39 is 12.1 Å². The molecule has 2 N–H and O–H groups in total. The van der Waals surface area contributed by atoms with E-state index in [1.165, 1.54) is 17.0 Å². The molecule has 4 amide bonds. The summed E-state index contributed by atoms with van der Waals surface area (Å²) in [5.41, 5.74) is 3.25. The van der Waals surface area contributed by atoms with Gasteiger partial charge in [-0.15, -0.1) is 0 Å². The predicted octanol–water partition coefficient (Wildman–Crippen LogP) is 4.59. The second-order valence-electron chi connectivity index (χ2n) is 9.52. The van der Waals surface area contributed by atoms with Crippen molar-refractivity contribution in [2.75, 3.05) is 13.1 Å². The van der Waals surface area contributed by atoms with Gasteiger partial charge in [-0.1, -0.05) is 66.2 Å². The average molecular weight is 547 g/mol. The third kappa shape index (κ3) is 5.52. The second kappa shape index (κ2) is 11.3. The molecule has 0 spiro atoms. The van der Waals surface area contributed by atoms with Gasteiger partial charge in [0.1, 0.15) is 11.9 Å². The minimum atomic E-state index is -0.848. The molecule has 0 radical (unpaired) electrons. The van der Waals surface area contributed by atoms with Gasteiger partial charge in [-0.2, -0.15) is 0 Å². The molecule has 0 unspecified atom stereocenters. The van der Waals surface area contributed by atoms with Gasteiger partial charge in [0.15, 0.2) is 0 Å². The number of hydrogen-bond donors (Lipinski definition) is 2. The second-order valence-corrected chi connectivity index (χ2v) is 9.96. The van der Waals surface area contributed by atoms with Crippen molar-refractivity contribution in [2.24, 2.45) is 0 Å². The maximum absolute atomic E-state index is 14.0. The molecular weight excluding hydrogens is 519 g/mol. The summed E-state index contributed by atoms with van der Waals surface area (Å²) in [5.74, 6) is -1.06. The zero-order chi connectivity index (χ0) is 27.5. The Hall–Kier alpha value is -4.17. The van der Waals surface area contributed by atoms with Crippen LogP contribution < -0.4 is 10.6 Å². The van der Waals surface area contributed by atoms with E-state index in [2.05, 4.69) is 10.6 Å². The molecule has 2 atom stereocenters. The maximum Gasteiger partial charge on any atom is 0.322 e. The van der Waals surface area contributed by atoms with Crippen LogP contribution in [0.1, 0.15) is 29.7 Å². The van der Waals surface area contributed by atoms with Gasteiger partial charge in [-0.25, -0.2) is 9.18 Å². The van der Waals surface area contributed by atoms with E-state index in [0.29, 0.717) is 28.4 Å². The Morgan fingerprint density at radius 1 is 1.05 bits per heavy atom. The lowest BCUT2D eigenvalue weighted by Gasteiger charge is -2.32. The first-order valence-electron chi connectivity index (χ1n) is 12.8. The fourth-order valence-corrected chi connectivity index (χ4v) is 5.27. The van der Waals surface area contributed by atoms with Gasteiger partial charge in [-0.05, 0) is 47.9 Å². The molecule has 0 saturated carbocycles. The minimum absolute atomic E-state index is 0.115. The molecule has 200 valence electrons. The quantitative estimate of drug-likeness (QED) is 0.434. The summed E-state index contributed by atoms with van der Waals surface area (Å²) >= 11 is 6.08. The highest BCUT2D eigenvalue weighted by Gasteiger charge is 2.46. The zero-order valence-electron chi connectivity index (χ0n) is 21.4. The Morgan fingerprint density at radius 3 is 2.46 bits per heavy atom. The van der Waals surface area contributed by atoms with E-state index in [4.69, 9.17) is 11.6 Å². The number of benzene rings is 3. The van der Waals surface area contributed by atoms with Crippen LogP contribution in [-0.4, -0.2) is 46.8 Å². The van der Waals surface area contributed by atoms with Crippen molar-refractivity contribution in [1.82, 2.24) is 20.4 Å². The van der Waals surface area contributed by atoms with E-state index in [-0.39, 0.29) is 43.2 Å². The Bertz CT molecular complexity index is 1430. The average Bonchev–Trinajstić information content (AvgIpc) is 3.27. The van der Waals surface area contributed by atoms with Crippen LogP contribution >= 0.6 is 11.6 Å². The van der Waals surface area contributed by atoms with E-state index in [9.17, 15) is 18.8 Å². The highest BCUT2D eigenvalue weighted by atomic mass is 35.5. The SMILES string of the molecule is CCN1C(=O)N[C@H](c2ccc(Cl)cc2)C2=C1CN([C@@H](Cc1ccccc1)C(=O)NCc1cccc(F)c1)C2=O. The molecule has 0 saturated heterocycles. The predicted molar refractivity (Wildman–Crippen MR) is 146 cm³/mol. The fourth-order valence-electron chi connectivity index (χ4n) is 5.14. The topological polar surface area (TPSA) is 81.8 Å². The first-order valence-corrected chi connectivity index (χ1v) is 13.2. The summed E-state index contributed by atoms with van der Waals surface area (Å²) in [6, 6.07) is 20.6. The van der Waals surface area contributed by atoms with Crippen LogP contribution in [0.2, 0.25) is 5.02 Å². The summed E-state index contributed by atoms with van der Waals surface area (Å²) in [7, 11) is 0. The van der Waals surface area contributed by atoms with Gasteiger partial charge < -0.3 is 15.5 Å². The largest absolute Gasteiger partial charge is 0.350 e. The molecule has 3 aromatic carbocycles. The van der Waals surface area contributed by atoms with Gasteiger partial charge in [0, 0.05) is 24.5 Å². The van der Waals surface area contributed by atoms with Crippen LogP contribution in [0.5, 0.6) is 0 Å². The maximum atomic E-state index is 14.0. The molecule has 0 bridgehead atoms. The van der Waals surface area contributed by atoms with Crippen molar-refractivity contribution in [1.29, 1.82) is 0 Å². The van der Waals surface area contributed by atoms with Crippen LogP contribution in [0.15, 0.2) is 90.1 Å². The van der Waals surface area contributed by atoms with Crippen molar-refractivity contribution < 1.29 is 18.8 Å². The number of nitrogens with zero attached hydrogens (tertiary/aromatic N) is 2. The van der Waals surface area contributed by atoms with Crippen molar-refractivity contribution in [3.8, 4) is 0 Å². The van der Waals surface area contributed by atoms with Crippen LogP contribution in [-0.2, 0) is 22.6 Å². The van der Waals surface area contributed by atoms with Gasteiger partial charge in [0.05, 0.1) is 23.9 Å². The lowest BCUT2D eigenvalue weighted by atomic mass is 9.95. The monoisotopic (exact) mass is 546 g/mol. The number of carbonyl (C=O) groups excluding carboxylic acids is 3. The van der Waals surface area contributed by atoms with Crippen LogP contribution in [0.3, 0.4) is 0 Å². The van der Waals surface area contributed by atoms with Crippen molar-refractivity contribution in [3.05, 3.63) is 118 Å². The standard InChI is InChI=1S/C30H28ClFN4O3/c1-2-35-25-18-36(29(38)26(25)27(34-30(35)39)21-11-13-22(31)14-12-21)24(16-19-7-4-3-5-8-19)28(37)33-17-20-9-6-10-23(32)15-20/h3-15,24,27H,2,16-18H2,1H3,(H,33,37)(H,34,39)/t24-,27+/m0/s1. The molecule has 2 aliphatic rings. The number of likely N-dealkylation sites (N-methyl/N-ethyl adjacent to an activating group) is 1. The van der Waals surface area contributed by atoms with E-state index in [1.54, 1.807) is 41.3 Å². The van der Waals surface area contributed by atoms with E-state index >= 15 is 0 Å². The molecule has 9 heteroatoms. The zero-order valence-corrected chi connectivity index (χ0v) is 22.1. The normalized spacial score (nSPS) is 17.7. The van der Waals surface area contributed by atoms with Gasteiger partial charge in [-0.3, -0.25) is 14.5 Å². The van der Waals surface area contributed by atoms with Gasteiger partial charge >= 0.3 is 6.03 Å². The van der Waals surface area contributed by atoms with Crippen molar-refractivity contribution in [2.45, 2.75) is 32.0 Å². The first-order chi connectivity index (χ1) is 18.9. The van der Waals surface area contributed by atoms with Crippen molar-refractivity contribution in [3.63, 3.8) is 0 Å². The van der Waals surface area contributed by atoms with Crippen molar-refractivity contribution >= 4 is 29.4 Å². The fraction of sp³-hybridized carbons (Fsp3) is 0.233. The minimum Gasteiger partial charge on any atom is -0.350 e. The third-order valence-electron chi connectivity index (χ3n) is 7.08. The van der Waals surface area contributed by atoms with Gasteiger partial charge in [0.25, 0.3) is 5.91 Å². The highest BCUT2D eigenvalue weighted by molar-refractivity contribution is 6.30. The number of nitrogens with one attached hydrogen (secondary N) is 2. The smallest absolute Gasteiger partial charge is 0.322 e. The Labute approximate surface area is 231 Å². The molecule has 7 nitrogen and oxygen atoms in total. The Balaban J connectivity index is 1.46. The number of carbonyl (C=O) groups is 3. The third-order valence-corrected chi connectivity index (χ3v) is 7.33. The molecule has 39 heavy (non-hydrogen) atoms. The molecule has 2 aliphatic heterocycles. The first kappa shape index (κ1) is 26.4.